The molecule has 7 nitrogen and oxygen atoms in total. The van der Waals surface area contributed by atoms with Crippen LogP contribution in [0.25, 0.3) is 0 Å². The lowest BCUT2D eigenvalue weighted by Crippen LogP contribution is -2.60. The molecule has 0 aliphatic carbocycles. The van der Waals surface area contributed by atoms with Crippen LogP contribution in [-0.4, -0.2) is 57.8 Å². The molecule has 0 amide bonds. The van der Waals surface area contributed by atoms with Gasteiger partial charge in [-0.15, -0.1) is 0 Å². The normalized spacial score (nSPS) is 16.7. The van der Waals surface area contributed by atoms with Crippen LogP contribution in [0.3, 0.4) is 0 Å². The van der Waals surface area contributed by atoms with E-state index < -0.39 is 10.0 Å². The summed E-state index contributed by atoms with van der Waals surface area (Å²) in [6.45, 7) is 4.80. The Hall–Kier alpha value is -1.77. The molecule has 1 aliphatic heterocycles. The van der Waals surface area contributed by atoms with Gasteiger partial charge in [-0.05, 0) is 24.2 Å². The number of hydrogen-bond acceptors (Lipinski definition) is 5. The van der Waals surface area contributed by atoms with E-state index in [1.165, 1.54) is 22.4 Å². The van der Waals surface area contributed by atoms with Crippen LogP contribution in [0.4, 0.5) is 0 Å². The molecule has 1 aliphatic rings. The van der Waals surface area contributed by atoms with E-state index in [2.05, 4.69) is 21.8 Å². The molecule has 0 saturated carbocycles. The summed E-state index contributed by atoms with van der Waals surface area (Å²) in [7, 11) is -1.70. The summed E-state index contributed by atoms with van der Waals surface area (Å²) in [6, 6.07) is 4.22. The smallest absolute Gasteiger partial charge is 0.262 e. The topological polar surface area (TPSA) is 71.3 Å². The Kier molecular flexibility index (Phi) is 4.47. The molecule has 8 heteroatoms. The highest BCUT2D eigenvalue weighted by Crippen LogP contribution is 2.24. The van der Waals surface area contributed by atoms with Crippen LogP contribution in [0.1, 0.15) is 12.5 Å². The maximum Gasteiger partial charge on any atom is 0.262 e. The molecule has 0 radical (unpaired) electrons. The molecule has 0 bridgehead atoms. The van der Waals surface area contributed by atoms with Gasteiger partial charge in [0.1, 0.15) is 0 Å². The molecule has 1 saturated heterocycles. The van der Waals surface area contributed by atoms with E-state index in [1.54, 1.807) is 24.0 Å². The first-order valence-electron chi connectivity index (χ1n) is 7.61. The minimum absolute atomic E-state index is 0.121. The van der Waals surface area contributed by atoms with Gasteiger partial charge in [0.15, 0.2) is 5.03 Å². The SMILES string of the molecule is CCN(Cc1ccncc1)C1CN(S(=O)(=O)c2cn(C)cn2)C1. The monoisotopic (exact) mass is 335 g/mol. The van der Waals surface area contributed by atoms with Crippen molar-refractivity contribution in [2.45, 2.75) is 24.5 Å². The zero-order valence-corrected chi connectivity index (χ0v) is 14.1. The third-order valence-corrected chi connectivity index (χ3v) is 5.89. The number of hydrogen-bond donors (Lipinski definition) is 0. The van der Waals surface area contributed by atoms with E-state index in [1.807, 2.05) is 12.1 Å². The predicted molar refractivity (Wildman–Crippen MR) is 86.1 cm³/mol. The lowest BCUT2D eigenvalue weighted by atomic mass is 10.1. The lowest BCUT2D eigenvalue weighted by molar-refractivity contribution is 0.0861. The standard InChI is InChI=1S/C15H21N5O2S/c1-3-19(8-13-4-6-16-7-5-13)14-9-20(10-14)23(21,22)15-11-18(2)12-17-15/h4-7,11-12,14H,3,8-10H2,1-2H3. The van der Waals surface area contributed by atoms with Crippen LogP contribution in [0.5, 0.6) is 0 Å². The number of sulfonamides is 1. The Labute approximate surface area is 136 Å². The molecule has 0 N–H and O–H groups in total. The summed E-state index contributed by atoms with van der Waals surface area (Å²) in [5.41, 5.74) is 1.19. The van der Waals surface area contributed by atoms with E-state index in [4.69, 9.17) is 0 Å². The van der Waals surface area contributed by atoms with Gasteiger partial charge in [-0.1, -0.05) is 6.92 Å². The first-order chi connectivity index (χ1) is 11.0. The zero-order valence-electron chi connectivity index (χ0n) is 13.3. The fourth-order valence-corrected chi connectivity index (χ4v) is 4.20. The quantitative estimate of drug-likeness (QED) is 0.777. The molecule has 1 fully saturated rings. The Morgan fingerprint density at radius 3 is 2.57 bits per heavy atom. The molecule has 3 rings (SSSR count). The third kappa shape index (κ3) is 3.29. The Balaban J connectivity index is 1.63. The molecule has 124 valence electrons. The molecular formula is C15H21N5O2S. The molecule has 3 heterocycles. The fraction of sp³-hybridized carbons (Fsp3) is 0.467. The van der Waals surface area contributed by atoms with Gasteiger partial charge in [-0.2, -0.15) is 4.31 Å². The van der Waals surface area contributed by atoms with Crippen LogP contribution in [0.15, 0.2) is 42.1 Å². The van der Waals surface area contributed by atoms with Crippen molar-refractivity contribution < 1.29 is 8.42 Å². The molecular weight excluding hydrogens is 314 g/mol. The summed E-state index contributed by atoms with van der Waals surface area (Å²) in [5, 5.41) is 0.121. The maximum absolute atomic E-state index is 12.5. The summed E-state index contributed by atoms with van der Waals surface area (Å²) in [4.78, 5) is 10.3. The van der Waals surface area contributed by atoms with Crippen molar-refractivity contribution in [2.24, 2.45) is 7.05 Å². The number of likely N-dealkylation sites (N-methyl/N-ethyl adjacent to an activating group) is 1. The van der Waals surface area contributed by atoms with E-state index in [0.717, 1.165) is 13.1 Å². The van der Waals surface area contributed by atoms with Gasteiger partial charge in [0.25, 0.3) is 10.0 Å². The summed E-state index contributed by atoms with van der Waals surface area (Å²) in [6.07, 6.45) is 6.60. The van der Waals surface area contributed by atoms with Gasteiger partial charge in [0.2, 0.25) is 0 Å². The second kappa shape index (κ2) is 6.38. The fourth-order valence-electron chi connectivity index (χ4n) is 2.72. The van der Waals surface area contributed by atoms with Crippen molar-refractivity contribution in [3.8, 4) is 0 Å². The minimum Gasteiger partial charge on any atom is -0.339 e. The van der Waals surface area contributed by atoms with Crippen molar-refractivity contribution in [3.05, 3.63) is 42.6 Å². The second-order valence-corrected chi connectivity index (χ2v) is 7.66. The first-order valence-corrected chi connectivity index (χ1v) is 9.05. The highest BCUT2D eigenvalue weighted by molar-refractivity contribution is 7.89. The molecule has 2 aromatic rings. The van der Waals surface area contributed by atoms with Crippen molar-refractivity contribution in [1.29, 1.82) is 0 Å². The molecule has 2 aromatic heterocycles. The number of nitrogens with zero attached hydrogens (tertiary/aromatic N) is 5. The Morgan fingerprint density at radius 2 is 2.00 bits per heavy atom. The average Bonchev–Trinajstić information content (AvgIpc) is 2.93. The molecule has 0 spiro atoms. The number of rotatable bonds is 6. The van der Waals surface area contributed by atoms with Crippen LogP contribution in [-0.2, 0) is 23.6 Å². The van der Waals surface area contributed by atoms with Gasteiger partial charge in [0.05, 0.1) is 6.33 Å². The predicted octanol–water partition coefficient (Wildman–Crippen LogP) is 0.710. The minimum atomic E-state index is -3.46. The van der Waals surface area contributed by atoms with E-state index in [9.17, 15) is 8.42 Å². The summed E-state index contributed by atoms with van der Waals surface area (Å²) < 4.78 is 28.1. The lowest BCUT2D eigenvalue weighted by Gasteiger charge is -2.43. The van der Waals surface area contributed by atoms with Gasteiger partial charge in [-0.25, -0.2) is 13.4 Å². The highest BCUT2D eigenvalue weighted by Gasteiger charge is 2.40. The van der Waals surface area contributed by atoms with E-state index in [-0.39, 0.29) is 11.1 Å². The molecule has 23 heavy (non-hydrogen) atoms. The Morgan fingerprint density at radius 1 is 1.30 bits per heavy atom. The third-order valence-electron chi connectivity index (χ3n) is 4.17. The van der Waals surface area contributed by atoms with Crippen molar-refractivity contribution in [1.82, 2.24) is 23.7 Å². The van der Waals surface area contributed by atoms with E-state index in [0.29, 0.717) is 13.1 Å². The van der Waals surface area contributed by atoms with Crippen LogP contribution < -0.4 is 0 Å². The van der Waals surface area contributed by atoms with Crippen LogP contribution in [0.2, 0.25) is 0 Å². The van der Waals surface area contributed by atoms with Gasteiger partial charge in [-0.3, -0.25) is 9.88 Å². The van der Waals surface area contributed by atoms with E-state index >= 15 is 0 Å². The van der Waals surface area contributed by atoms with Crippen molar-refractivity contribution in [2.75, 3.05) is 19.6 Å². The van der Waals surface area contributed by atoms with Crippen molar-refractivity contribution >= 4 is 10.0 Å². The van der Waals surface area contributed by atoms with Crippen molar-refractivity contribution in [3.63, 3.8) is 0 Å². The van der Waals surface area contributed by atoms with Gasteiger partial charge in [0, 0.05) is 51.3 Å². The van der Waals surface area contributed by atoms with Crippen LogP contribution >= 0.6 is 0 Å². The Bertz CT molecular complexity index is 753. The highest BCUT2D eigenvalue weighted by atomic mass is 32.2. The summed E-state index contributed by atoms with van der Waals surface area (Å²) >= 11 is 0. The number of pyridine rings is 1. The number of imidazole rings is 1. The number of aromatic nitrogens is 3. The van der Waals surface area contributed by atoms with Gasteiger partial charge < -0.3 is 4.57 Å². The average molecular weight is 335 g/mol. The largest absolute Gasteiger partial charge is 0.339 e. The first kappa shape index (κ1) is 16.1. The molecule has 0 atom stereocenters. The maximum atomic E-state index is 12.5. The molecule has 0 aromatic carbocycles. The summed E-state index contributed by atoms with van der Waals surface area (Å²) in [5.74, 6) is 0. The zero-order chi connectivity index (χ0) is 16.4. The van der Waals surface area contributed by atoms with Gasteiger partial charge >= 0.3 is 0 Å². The second-order valence-electron chi connectivity index (χ2n) is 5.77. The van der Waals surface area contributed by atoms with Crippen LogP contribution in [0, 0.1) is 0 Å². The number of aryl methyl sites for hydroxylation is 1. The molecule has 0 unspecified atom stereocenters.